The van der Waals surface area contributed by atoms with Gasteiger partial charge < -0.3 is 5.11 Å². The number of rotatable bonds is 2. The topological polar surface area (TPSA) is 93.3 Å². The van der Waals surface area contributed by atoms with Crippen LogP contribution >= 0.6 is 23.1 Å². The number of carboxylic acids is 1. The number of halogens is 1. The lowest BCUT2D eigenvalue weighted by Gasteiger charge is -2.01. The highest BCUT2D eigenvalue weighted by atomic mass is 35.5. The molecular formula is C10H6ClN5O2S. The largest absolute Gasteiger partial charge is 0.478 e. The number of hydrogen-bond donors (Lipinski definition) is 1. The Hall–Kier alpha value is -2.06. The summed E-state index contributed by atoms with van der Waals surface area (Å²) in [6.07, 6.45) is 1.43. The van der Waals surface area contributed by atoms with Crippen molar-refractivity contribution >= 4 is 34.7 Å². The molecule has 0 atom stereocenters. The van der Waals surface area contributed by atoms with Crippen LogP contribution in [-0.4, -0.2) is 35.3 Å². The lowest BCUT2D eigenvalue weighted by molar-refractivity contribution is 0.0696. The van der Waals surface area contributed by atoms with Crippen molar-refractivity contribution in [1.82, 2.24) is 24.2 Å². The quantitative estimate of drug-likeness (QED) is 0.776. The molecule has 0 saturated carbocycles. The molecule has 1 N–H and O–H groups in total. The number of aromatic nitrogens is 5. The molecule has 0 aromatic carbocycles. The zero-order chi connectivity index (χ0) is 13.6. The van der Waals surface area contributed by atoms with Gasteiger partial charge in [0.05, 0.1) is 16.3 Å². The van der Waals surface area contributed by atoms with Crippen molar-refractivity contribution in [2.24, 2.45) is 0 Å². The molecule has 19 heavy (non-hydrogen) atoms. The maximum Gasteiger partial charge on any atom is 0.337 e. The van der Waals surface area contributed by atoms with E-state index < -0.39 is 5.97 Å². The van der Waals surface area contributed by atoms with Crippen molar-refractivity contribution < 1.29 is 9.90 Å². The van der Waals surface area contributed by atoms with E-state index in [1.165, 1.54) is 28.2 Å². The summed E-state index contributed by atoms with van der Waals surface area (Å²) in [5, 5.41) is 21.2. The van der Waals surface area contributed by atoms with E-state index in [0.29, 0.717) is 17.2 Å². The second kappa shape index (κ2) is 4.25. The normalized spacial score (nSPS) is 11.1. The average Bonchev–Trinajstić information content (AvgIpc) is 2.94. The Morgan fingerprint density at radius 3 is 2.84 bits per heavy atom. The van der Waals surface area contributed by atoms with Crippen molar-refractivity contribution in [3.05, 3.63) is 28.5 Å². The van der Waals surface area contributed by atoms with Crippen LogP contribution in [0.3, 0.4) is 0 Å². The Kier molecular flexibility index (Phi) is 2.68. The summed E-state index contributed by atoms with van der Waals surface area (Å²) < 4.78 is 5.36. The molecule has 3 aromatic heterocycles. The van der Waals surface area contributed by atoms with Crippen LogP contribution in [0.4, 0.5) is 0 Å². The smallest absolute Gasteiger partial charge is 0.337 e. The number of pyridine rings is 1. The van der Waals surface area contributed by atoms with Crippen molar-refractivity contribution in [2.75, 3.05) is 0 Å². The number of nitrogens with zero attached hydrogens (tertiary/aromatic N) is 5. The first kappa shape index (κ1) is 12.0. The lowest BCUT2D eigenvalue weighted by atomic mass is 10.3. The highest BCUT2D eigenvalue weighted by Gasteiger charge is 2.17. The molecule has 0 aliphatic rings. The standard InChI is InChI=1S/C10H6ClN5O2S/c1-4-7(19-15-12-4)9-14-13-8-6(11)2-5(10(17)18)3-16(8)9/h2-3H,1H3,(H,17,18). The zero-order valence-electron chi connectivity index (χ0n) is 9.53. The molecule has 0 spiro atoms. The van der Waals surface area contributed by atoms with Crippen molar-refractivity contribution in [3.63, 3.8) is 0 Å². The van der Waals surface area contributed by atoms with Crippen LogP contribution in [-0.2, 0) is 0 Å². The van der Waals surface area contributed by atoms with E-state index >= 15 is 0 Å². The van der Waals surface area contributed by atoms with Crippen LogP contribution in [0, 0.1) is 6.92 Å². The molecule has 3 rings (SSSR count). The minimum atomic E-state index is -1.07. The number of fused-ring (bicyclic) bond motifs is 1. The highest BCUT2D eigenvalue weighted by Crippen LogP contribution is 2.27. The van der Waals surface area contributed by atoms with E-state index in [9.17, 15) is 4.79 Å². The maximum atomic E-state index is 11.0. The van der Waals surface area contributed by atoms with Gasteiger partial charge in [0.2, 0.25) is 0 Å². The number of hydrogen-bond acceptors (Lipinski definition) is 6. The minimum absolute atomic E-state index is 0.0636. The predicted octanol–water partition coefficient (Wildman–Crippen LogP) is 1.91. The maximum absolute atomic E-state index is 11.0. The lowest BCUT2D eigenvalue weighted by Crippen LogP contribution is -2.00. The van der Waals surface area contributed by atoms with Crippen LogP contribution in [0.1, 0.15) is 16.1 Å². The molecule has 0 bridgehead atoms. The molecule has 3 heterocycles. The molecule has 0 saturated heterocycles. The predicted molar refractivity (Wildman–Crippen MR) is 68.6 cm³/mol. The van der Waals surface area contributed by atoms with Gasteiger partial charge in [-0.05, 0) is 24.5 Å². The Bertz CT molecular complexity index is 796. The first-order valence-electron chi connectivity index (χ1n) is 5.15. The fourth-order valence-corrected chi connectivity index (χ4v) is 2.55. The van der Waals surface area contributed by atoms with E-state index in [-0.39, 0.29) is 10.6 Å². The number of carboxylic acid groups (broad SMARTS) is 1. The number of aryl methyl sites for hydroxylation is 1. The number of aromatic carboxylic acids is 1. The van der Waals surface area contributed by atoms with Crippen LogP contribution in [0.25, 0.3) is 16.3 Å². The first-order valence-corrected chi connectivity index (χ1v) is 6.30. The number of carbonyl (C=O) groups is 1. The molecule has 0 unspecified atom stereocenters. The Morgan fingerprint density at radius 2 is 2.21 bits per heavy atom. The zero-order valence-corrected chi connectivity index (χ0v) is 11.1. The van der Waals surface area contributed by atoms with Gasteiger partial charge in [0.1, 0.15) is 4.88 Å². The van der Waals surface area contributed by atoms with Gasteiger partial charge in [-0.15, -0.1) is 15.3 Å². The monoisotopic (exact) mass is 295 g/mol. The summed E-state index contributed by atoms with van der Waals surface area (Å²) in [6, 6.07) is 1.34. The molecule has 0 aliphatic carbocycles. The second-order valence-corrected chi connectivity index (χ2v) is 4.95. The van der Waals surface area contributed by atoms with E-state index in [1.54, 1.807) is 6.92 Å². The van der Waals surface area contributed by atoms with Crippen LogP contribution < -0.4 is 0 Å². The van der Waals surface area contributed by atoms with E-state index in [2.05, 4.69) is 19.8 Å². The third kappa shape index (κ3) is 1.85. The molecule has 0 radical (unpaired) electrons. The van der Waals surface area contributed by atoms with Crippen molar-refractivity contribution in [2.45, 2.75) is 6.92 Å². The Balaban J connectivity index is 2.33. The first-order chi connectivity index (χ1) is 9.08. The fraction of sp³-hybridized carbons (Fsp3) is 0.100. The van der Waals surface area contributed by atoms with Gasteiger partial charge in [0.25, 0.3) is 0 Å². The van der Waals surface area contributed by atoms with Gasteiger partial charge in [-0.1, -0.05) is 16.1 Å². The summed E-state index contributed by atoms with van der Waals surface area (Å²) >= 11 is 7.17. The third-order valence-corrected chi connectivity index (χ3v) is 3.66. The van der Waals surface area contributed by atoms with E-state index in [0.717, 1.165) is 4.88 Å². The summed E-state index contributed by atoms with van der Waals surface area (Å²) in [6.45, 7) is 1.79. The molecule has 3 aromatic rings. The van der Waals surface area contributed by atoms with Gasteiger partial charge in [0.15, 0.2) is 11.5 Å². The van der Waals surface area contributed by atoms with Crippen LogP contribution in [0.2, 0.25) is 5.02 Å². The Morgan fingerprint density at radius 1 is 1.42 bits per heavy atom. The molecular weight excluding hydrogens is 290 g/mol. The third-order valence-electron chi connectivity index (χ3n) is 2.56. The minimum Gasteiger partial charge on any atom is -0.478 e. The van der Waals surface area contributed by atoms with Gasteiger partial charge in [-0.2, -0.15) is 0 Å². The highest BCUT2D eigenvalue weighted by molar-refractivity contribution is 7.09. The van der Waals surface area contributed by atoms with Gasteiger partial charge >= 0.3 is 5.97 Å². The summed E-state index contributed by atoms with van der Waals surface area (Å²) in [5.41, 5.74) is 1.17. The second-order valence-electron chi connectivity index (χ2n) is 3.79. The molecule has 9 heteroatoms. The van der Waals surface area contributed by atoms with E-state index in [1.807, 2.05) is 0 Å². The van der Waals surface area contributed by atoms with Crippen LogP contribution in [0.15, 0.2) is 12.3 Å². The fourth-order valence-electron chi connectivity index (χ4n) is 1.66. The molecule has 96 valence electrons. The van der Waals surface area contributed by atoms with E-state index in [4.69, 9.17) is 16.7 Å². The van der Waals surface area contributed by atoms with Gasteiger partial charge in [0, 0.05) is 6.20 Å². The summed E-state index contributed by atoms with van der Waals surface area (Å²) in [4.78, 5) is 11.8. The molecule has 0 aliphatic heterocycles. The molecule has 0 fully saturated rings. The SMILES string of the molecule is Cc1nnsc1-c1nnc2c(Cl)cc(C(=O)O)cn12. The van der Waals surface area contributed by atoms with Crippen molar-refractivity contribution in [1.29, 1.82) is 0 Å². The average molecular weight is 296 g/mol. The summed E-state index contributed by atoms with van der Waals surface area (Å²) in [5.74, 6) is -0.588. The Labute approximate surface area is 115 Å². The van der Waals surface area contributed by atoms with Gasteiger partial charge in [-0.25, -0.2) is 4.79 Å². The van der Waals surface area contributed by atoms with Crippen LogP contribution in [0.5, 0.6) is 0 Å². The van der Waals surface area contributed by atoms with Gasteiger partial charge in [-0.3, -0.25) is 4.40 Å². The molecule has 7 nitrogen and oxygen atoms in total. The molecule has 0 amide bonds. The summed E-state index contributed by atoms with van der Waals surface area (Å²) in [7, 11) is 0. The van der Waals surface area contributed by atoms with Crippen molar-refractivity contribution in [3.8, 4) is 10.7 Å².